The van der Waals surface area contributed by atoms with Crippen LogP contribution in [0.25, 0.3) is 20.7 Å². The zero-order valence-electron chi connectivity index (χ0n) is 17.2. The van der Waals surface area contributed by atoms with E-state index in [1.165, 1.54) is 27.7 Å². The number of aromatic nitrogens is 2. The lowest BCUT2D eigenvalue weighted by atomic mass is 10.2. The number of thioether (sulfide) groups is 1. The van der Waals surface area contributed by atoms with Crippen LogP contribution in [0, 0.1) is 0 Å². The molecule has 3 aromatic heterocycles. The van der Waals surface area contributed by atoms with E-state index in [1.807, 2.05) is 48.0 Å². The van der Waals surface area contributed by atoms with Crippen LogP contribution in [0.1, 0.15) is 13.8 Å². The first-order valence-electron chi connectivity index (χ1n) is 9.71. The van der Waals surface area contributed by atoms with Gasteiger partial charge in [0.05, 0.1) is 22.9 Å². The molecule has 31 heavy (non-hydrogen) atoms. The van der Waals surface area contributed by atoms with E-state index in [9.17, 15) is 9.59 Å². The molecule has 0 fully saturated rings. The number of benzene rings is 1. The largest absolute Gasteiger partial charge is 0.492 e. The number of amides is 1. The first-order chi connectivity index (χ1) is 15.0. The summed E-state index contributed by atoms with van der Waals surface area (Å²) in [5.74, 6) is 0.444. The third-order valence-corrected chi connectivity index (χ3v) is 7.58. The summed E-state index contributed by atoms with van der Waals surface area (Å²) in [6.45, 7) is 4.20. The maximum absolute atomic E-state index is 13.1. The van der Waals surface area contributed by atoms with Crippen LogP contribution in [-0.4, -0.2) is 27.3 Å². The Balaban J connectivity index is 1.58. The van der Waals surface area contributed by atoms with Crippen LogP contribution in [0.2, 0.25) is 0 Å². The Labute approximate surface area is 191 Å². The summed E-state index contributed by atoms with van der Waals surface area (Å²) < 4.78 is 7.10. The lowest BCUT2D eigenvalue weighted by Crippen LogP contribution is -2.25. The molecule has 0 bridgehead atoms. The number of rotatable bonds is 7. The summed E-state index contributed by atoms with van der Waals surface area (Å²) in [6, 6.07) is 11.3. The molecule has 0 aliphatic carbocycles. The van der Waals surface area contributed by atoms with Gasteiger partial charge >= 0.3 is 0 Å². The Morgan fingerprint density at radius 3 is 2.81 bits per heavy atom. The molecule has 0 saturated heterocycles. The first-order valence-corrected chi connectivity index (χ1v) is 12.3. The number of ether oxygens (including phenoxy) is 1. The third kappa shape index (κ3) is 4.39. The molecule has 0 aliphatic heterocycles. The Morgan fingerprint density at radius 1 is 1.26 bits per heavy atom. The van der Waals surface area contributed by atoms with Gasteiger partial charge in [-0.15, -0.1) is 22.7 Å². The summed E-state index contributed by atoms with van der Waals surface area (Å²) in [6.07, 6.45) is 0. The van der Waals surface area contributed by atoms with Gasteiger partial charge < -0.3 is 10.1 Å². The second kappa shape index (κ2) is 9.25. The van der Waals surface area contributed by atoms with Crippen molar-refractivity contribution in [2.24, 2.45) is 7.05 Å². The molecule has 4 rings (SSSR count). The quantitative estimate of drug-likeness (QED) is 0.295. The van der Waals surface area contributed by atoms with Crippen molar-refractivity contribution in [3.8, 4) is 16.2 Å². The van der Waals surface area contributed by atoms with E-state index in [1.54, 1.807) is 31.4 Å². The maximum Gasteiger partial charge on any atom is 0.263 e. The van der Waals surface area contributed by atoms with Gasteiger partial charge in [0.1, 0.15) is 10.6 Å². The van der Waals surface area contributed by atoms with Gasteiger partial charge in [-0.2, -0.15) is 0 Å². The van der Waals surface area contributed by atoms with Crippen molar-refractivity contribution in [2.75, 3.05) is 11.9 Å². The number of para-hydroxylation sites is 2. The van der Waals surface area contributed by atoms with Crippen LogP contribution in [0.4, 0.5) is 5.69 Å². The molecule has 0 radical (unpaired) electrons. The van der Waals surface area contributed by atoms with Gasteiger partial charge in [-0.25, -0.2) is 4.98 Å². The van der Waals surface area contributed by atoms with E-state index in [0.717, 1.165) is 10.4 Å². The number of fused-ring (bicyclic) bond motifs is 1. The van der Waals surface area contributed by atoms with E-state index >= 15 is 0 Å². The molecular formula is C22H21N3O3S3. The molecule has 1 unspecified atom stereocenters. The molecule has 0 aliphatic rings. The first kappa shape index (κ1) is 21.6. The molecule has 1 amide bonds. The van der Waals surface area contributed by atoms with E-state index < -0.39 is 5.25 Å². The number of carbonyl (C=O) groups excluding carboxylic acids is 1. The summed E-state index contributed by atoms with van der Waals surface area (Å²) in [5.41, 5.74) is 1.43. The molecule has 4 aromatic rings. The Morgan fingerprint density at radius 2 is 2.06 bits per heavy atom. The number of anilines is 1. The fraction of sp³-hybridized carbons (Fsp3) is 0.227. The summed E-state index contributed by atoms with van der Waals surface area (Å²) in [5, 5.41) is 7.56. The highest BCUT2D eigenvalue weighted by Crippen LogP contribution is 2.35. The van der Waals surface area contributed by atoms with Crippen molar-refractivity contribution in [2.45, 2.75) is 24.3 Å². The zero-order valence-corrected chi connectivity index (χ0v) is 19.7. The lowest BCUT2D eigenvalue weighted by Gasteiger charge is -2.15. The van der Waals surface area contributed by atoms with Gasteiger partial charge in [-0.1, -0.05) is 30.0 Å². The van der Waals surface area contributed by atoms with Gasteiger partial charge in [-0.05, 0) is 37.4 Å². The number of hydrogen-bond acceptors (Lipinski definition) is 7. The lowest BCUT2D eigenvalue weighted by molar-refractivity contribution is -0.115. The second-order valence-corrected chi connectivity index (χ2v) is 9.86. The highest BCUT2D eigenvalue weighted by molar-refractivity contribution is 8.00. The van der Waals surface area contributed by atoms with E-state index in [4.69, 9.17) is 4.74 Å². The average Bonchev–Trinajstić information content (AvgIpc) is 3.43. The molecule has 6 nitrogen and oxygen atoms in total. The second-order valence-electron chi connectivity index (χ2n) is 6.74. The number of nitrogens with zero attached hydrogens (tertiary/aromatic N) is 2. The van der Waals surface area contributed by atoms with Crippen molar-refractivity contribution < 1.29 is 9.53 Å². The standard InChI is InChI=1S/C22H21N3O3S3/c1-4-28-16-9-6-5-8-15(16)23-19(26)13(2)31-22-24-20-18(21(27)25(22)3)14(12-30-20)17-10-7-11-29-17/h5-13H,4H2,1-3H3,(H,23,26). The Kier molecular flexibility index (Phi) is 6.45. The van der Waals surface area contributed by atoms with Gasteiger partial charge in [-0.3, -0.25) is 14.2 Å². The summed E-state index contributed by atoms with van der Waals surface area (Å²) in [4.78, 5) is 32.3. The molecule has 1 N–H and O–H groups in total. The van der Waals surface area contributed by atoms with Crippen LogP contribution in [0.15, 0.2) is 57.1 Å². The minimum absolute atomic E-state index is 0.105. The number of nitrogens with one attached hydrogen (secondary N) is 1. The number of carbonyl (C=O) groups is 1. The normalized spacial score (nSPS) is 12.1. The molecule has 9 heteroatoms. The minimum atomic E-state index is -0.457. The topological polar surface area (TPSA) is 73.2 Å². The highest BCUT2D eigenvalue weighted by Gasteiger charge is 2.21. The number of hydrogen-bond donors (Lipinski definition) is 1. The van der Waals surface area contributed by atoms with Crippen LogP contribution in [-0.2, 0) is 11.8 Å². The number of thiophene rings is 2. The Hall–Kier alpha value is -2.62. The van der Waals surface area contributed by atoms with Crippen molar-refractivity contribution in [1.29, 1.82) is 0 Å². The fourth-order valence-corrected chi connectivity index (χ4v) is 5.75. The van der Waals surface area contributed by atoms with Crippen molar-refractivity contribution in [3.63, 3.8) is 0 Å². The third-order valence-electron chi connectivity index (χ3n) is 4.66. The maximum atomic E-state index is 13.1. The summed E-state index contributed by atoms with van der Waals surface area (Å²) >= 11 is 4.30. The molecule has 0 spiro atoms. The molecule has 1 atom stereocenters. The summed E-state index contributed by atoms with van der Waals surface area (Å²) in [7, 11) is 1.70. The van der Waals surface area contributed by atoms with Crippen LogP contribution in [0.5, 0.6) is 5.75 Å². The minimum Gasteiger partial charge on any atom is -0.492 e. The average molecular weight is 472 g/mol. The van der Waals surface area contributed by atoms with Crippen molar-refractivity contribution in [1.82, 2.24) is 9.55 Å². The fourth-order valence-electron chi connectivity index (χ4n) is 3.07. The molecule has 160 valence electrons. The van der Waals surface area contributed by atoms with Gasteiger partial charge in [0.2, 0.25) is 5.91 Å². The van der Waals surface area contributed by atoms with Crippen LogP contribution in [0.3, 0.4) is 0 Å². The predicted molar refractivity (Wildman–Crippen MR) is 130 cm³/mol. The molecule has 0 saturated carbocycles. The van der Waals surface area contributed by atoms with Crippen LogP contribution >= 0.6 is 34.4 Å². The van der Waals surface area contributed by atoms with Gasteiger partial charge in [0.25, 0.3) is 5.56 Å². The van der Waals surface area contributed by atoms with E-state index in [-0.39, 0.29) is 11.5 Å². The molecular weight excluding hydrogens is 450 g/mol. The zero-order chi connectivity index (χ0) is 22.0. The monoisotopic (exact) mass is 471 g/mol. The van der Waals surface area contributed by atoms with Crippen molar-refractivity contribution >= 4 is 56.2 Å². The Bertz CT molecular complexity index is 1280. The predicted octanol–water partition coefficient (Wildman–Crippen LogP) is 5.24. The van der Waals surface area contributed by atoms with Gasteiger partial charge in [0, 0.05) is 22.9 Å². The molecule has 3 heterocycles. The van der Waals surface area contributed by atoms with E-state index in [0.29, 0.717) is 33.4 Å². The van der Waals surface area contributed by atoms with E-state index in [2.05, 4.69) is 10.3 Å². The van der Waals surface area contributed by atoms with Gasteiger partial charge in [0.15, 0.2) is 5.16 Å². The SMILES string of the molecule is CCOc1ccccc1NC(=O)C(C)Sc1nc2scc(-c3cccs3)c2c(=O)n1C. The van der Waals surface area contributed by atoms with Crippen molar-refractivity contribution in [3.05, 3.63) is 57.5 Å². The molecule has 1 aromatic carbocycles. The highest BCUT2D eigenvalue weighted by atomic mass is 32.2. The van der Waals surface area contributed by atoms with Crippen LogP contribution < -0.4 is 15.6 Å². The smallest absolute Gasteiger partial charge is 0.263 e.